The highest BCUT2D eigenvalue weighted by molar-refractivity contribution is 5.65. The first-order chi connectivity index (χ1) is 13.9. The van der Waals surface area contributed by atoms with Crippen LogP contribution < -0.4 is 10.1 Å². The van der Waals surface area contributed by atoms with Crippen molar-refractivity contribution in [2.75, 3.05) is 6.61 Å². The number of nitriles is 1. The number of nitrogens with one attached hydrogen (secondary N) is 1. The third-order valence-electron chi connectivity index (χ3n) is 4.13. The van der Waals surface area contributed by atoms with E-state index in [0.29, 0.717) is 12.0 Å². The summed E-state index contributed by atoms with van der Waals surface area (Å²) in [6.45, 7) is 5.61. The average Bonchev–Trinajstić information content (AvgIpc) is 2.64. The standard InChI is InChI=1S/C20H21F3N4O3/c1-12(9-19(2,3)27-18(28)29)11-30-16-5-4-13(8-14(16)10-24)15-6-7-25-17(26-15)20(21,22)23/h4-8,12,27H,9,11H2,1-3H3,(H,28,29)/t12-/m0/s1. The van der Waals surface area contributed by atoms with Crippen LogP contribution in [-0.2, 0) is 6.18 Å². The zero-order valence-electron chi connectivity index (χ0n) is 16.6. The van der Waals surface area contributed by atoms with Crippen LogP contribution in [0.15, 0.2) is 30.5 Å². The summed E-state index contributed by atoms with van der Waals surface area (Å²) in [7, 11) is 0. The van der Waals surface area contributed by atoms with Crippen molar-refractivity contribution < 1.29 is 27.8 Å². The van der Waals surface area contributed by atoms with Gasteiger partial charge in [0.25, 0.3) is 0 Å². The van der Waals surface area contributed by atoms with Gasteiger partial charge in [-0.25, -0.2) is 14.8 Å². The van der Waals surface area contributed by atoms with Crippen molar-refractivity contribution in [1.82, 2.24) is 15.3 Å². The van der Waals surface area contributed by atoms with Gasteiger partial charge in [-0.1, -0.05) is 6.92 Å². The summed E-state index contributed by atoms with van der Waals surface area (Å²) in [5.41, 5.74) is -0.142. The lowest BCUT2D eigenvalue weighted by Crippen LogP contribution is -2.44. The Morgan fingerprint density at radius 2 is 2.03 bits per heavy atom. The number of benzene rings is 1. The van der Waals surface area contributed by atoms with Crippen molar-refractivity contribution in [2.45, 2.75) is 38.9 Å². The van der Waals surface area contributed by atoms with Crippen LogP contribution in [0.25, 0.3) is 11.3 Å². The number of hydrogen-bond acceptors (Lipinski definition) is 5. The molecule has 0 radical (unpaired) electrons. The van der Waals surface area contributed by atoms with E-state index in [1.807, 2.05) is 13.0 Å². The Kier molecular flexibility index (Phi) is 6.87. The monoisotopic (exact) mass is 422 g/mol. The first kappa shape index (κ1) is 22.9. The number of hydrogen-bond donors (Lipinski definition) is 2. The largest absolute Gasteiger partial charge is 0.492 e. The molecule has 1 amide bonds. The van der Waals surface area contributed by atoms with Crippen LogP contribution in [0.2, 0.25) is 0 Å². The fraction of sp³-hybridized carbons (Fsp3) is 0.400. The van der Waals surface area contributed by atoms with Crippen molar-refractivity contribution in [1.29, 1.82) is 5.26 Å². The van der Waals surface area contributed by atoms with Gasteiger partial charge in [-0.15, -0.1) is 0 Å². The summed E-state index contributed by atoms with van der Waals surface area (Å²) >= 11 is 0. The Morgan fingerprint density at radius 3 is 2.63 bits per heavy atom. The molecule has 1 aromatic carbocycles. The highest BCUT2D eigenvalue weighted by Crippen LogP contribution is 2.30. The Morgan fingerprint density at radius 1 is 1.33 bits per heavy atom. The molecule has 1 atom stereocenters. The second kappa shape index (κ2) is 8.98. The molecule has 0 saturated carbocycles. The molecular weight excluding hydrogens is 401 g/mol. The molecule has 7 nitrogen and oxygen atoms in total. The zero-order valence-corrected chi connectivity index (χ0v) is 16.6. The normalized spacial score (nSPS) is 12.7. The van der Waals surface area contributed by atoms with Crippen molar-refractivity contribution in [2.24, 2.45) is 5.92 Å². The number of halogens is 3. The molecule has 0 aliphatic rings. The SMILES string of the molecule is C[C@H](COc1ccc(-c2ccnc(C(F)(F)F)n2)cc1C#N)CC(C)(C)NC(=O)O. The number of alkyl halides is 3. The summed E-state index contributed by atoms with van der Waals surface area (Å²) in [5.74, 6) is -1.01. The van der Waals surface area contributed by atoms with Crippen LogP contribution >= 0.6 is 0 Å². The highest BCUT2D eigenvalue weighted by atomic mass is 19.4. The number of aromatic nitrogens is 2. The molecule has 0 fully saturated rings. The molecule has 30 heavy (non-hydrogen) atoms. The highest BCUT2D eigenvalue weighted by Gasteiger charge is 2.34. The lowest BCUT2D eigenvalue weighted by molar-refractivity contribution is -0.144. The Balaban J connectivity index is 2.14. The number of carbonyl (C=O) groups is 1. The van der Waals surface area contributed by atoms with Crippen molar-refractivity contribution >= 4 is 6.09 Å². The van der Waals surface area contributed by atoms with Gasteiger partial charge < -0.3 is 15.2 Å². The van der Waals surface area contributed by atoms with E-state index in [2.05, 4.69) is 15.3 Å². The Hall–Kier alpha value is -3.35. The maximum Gasteiger partial charge on any atom is 0.451 e. The molecule has 0 unspecified atom stereocenters. The van der Waals surface area contributed by atoms with Gasteiger partial charge in [0.1, 0.15) is 11.8 Å². The van der Waals surface area contributed by atoms with Gasteiger partial charge in [0.15, 0.2) is 0 Å². The fourth-order valence-corrected chi connectivity index (χ4v) is 3.06. The summed E-state index contributed by atoms with van der Waals surface area (Å²) in [4.78, 5) is 17.6. The van der Waals surface area contributed by atoms with Gasteiger partial charge in [0.2, 0.25) is 5.82 Å². The summed E-state index contributed by atoms with van der Waals surface area (Å²) in [6.07, 6.45) is -4.28. The first-order valence-corrected chi connectivity index (χ1v) is 9.00. The quantitative estimate of drug-likeness (QED) is 0.681. The number of carboxylic acid groups (broad SMARTS) is 1. The molecule has 2 rings (SSSR count). The molecule has 0 bridgehead atoms. The topological polar surface area (TPSA) is 108 Å². The molecule has 0 saturated heterocycles. The second-order valence-electron chi connectivity index (χ2n) is 7.52. The van der Waals surface area contributed by atoms with E-state index in [9.17, 15) is 23.2 Å². The molecule has 160 valence electrons. The number of nitrogens with zero attached hydrogens (tertiary/aromatic N) is 3. The van der Waals surface area contributed by atoms with Gasteiger partial charge in [0, 0.05) is 17.3 Å². The van der Waals surface area contributed by atoms with Gasteiger partial charge in [-0.05, 0) is 50.5 Å². The van der Waals surface area contributed by atoms with Crippen molar-refractivity contribution in [3.63, 3.8) is 0 Å². The molecule has 1 heterocycles. The lowest BCUT2D eigenvalue weighted by Gasteiger charge is -2.28. The maximum atomic E-state index is 12.8. The number of rotatable bonds is 7. The predicted molar refractivity (Wildman–Crippen MR) is 102 cm³/mol. The van der Waals surface area contributed by atoms with E-state index < -0.39 is 23.6 Å². The van der Waals surface area contributed by atoms with E-state index in [4.69, 9.17) is 9.84 Å². The van der Waals surface area contributed by atoms with Crippen molar-refractivity contribution in [3.8, 4) is 23.1 Å². The lowest BCUT2D eigenvalue weighted by atomic mass is 9.92. The second-order valence-corrected chi connectivity index (χ2v) is 7.52. The molecule has 0 aliphatic heterocycles. The summed E-state index contributed by atoms with van der Waals surface area (Å²) in [6, 6.07) is 7.70. The molecule has 2 N–H and O–H groups in total. The van der Waals surface area contributed by atoms with Crippen LogP contribution in [0, 0.1) is 17.2 Å². The van der Waals surface area contributed by atoms with Gasteiger partial charge >= 0.3 is 12.3 Å². The van der Waals surface area contributed by atoms with Crippen LogP contribution in [0.3, 0.4) is 0 Å². The molecule has 1 aromatic heterocycles. The average molecular weight is 422 g/mol. The van der Waals surface area contributed by atoms with Crippen LogP contribution in [0.5, 0.6) is 5.75 Å². The number of ether oxygens (including phenoxy) is 1. The zero-order chi connectivity index (χ0) is 22.5. The van der Waals surface area contributed by atoms with Crippen molar-refractivity contribution in [3.05, 3.63) is 41.9 Å². The van der Waals surface area contributed by atoms with E-state index in [0.717, 1.165) is 6.20 Å². The predicted octanol–water partition coefficient (Wildman–Crippen LogP) is 4.49. The summed E-state index contributed by atoms with van der Waals surface area (Å²) in [5, 5.41) is 20.7. The first-order valence-electron chi connectivity index (χ1n) is 9.00. The minimum Gasteiger partial charge on any atom is -0.492 e. The van der Waals surface area contributed by atoms with Gasteiger partial charge in [-0.3, -0.25) is 0 Å². The molecule has 2 aromatic rings. The Bertz CT molecular complexity index is 955. The third kappa shape index (κ3) is 6.34. The molecular formula is C20H21F3N4O3. The third-order valence-corrected chi connectivity index (χ3v) is 4.13. The van der Waals surface area contributed by atoms with Gasteiger partial charge in [-0.2, -0.15) is 18.4 Å². The van der Waals surface area contributed by atoms with Gasteiger partial charge in [0.05, 0.1) is 17.9 Å². The molecule has 10 heteroatoms. The maximum absolute atomic E-state index is 12.8. The van der Waals surface area contributed by atoms with Crippen LogP contribution in [0.1, 0.15) is 38.6 Å². The molecule has 0 spiro atoms. The minimum atomic E-state index is -4.67. The fourth-order valence-electron chi connectivity index (χ4n) is 3.06. The van der Waals surface area contributed by atoms with E-state index in [1.54, 1.807) is 13.8 Å². The number of amides is 1. The van der Waals surface area contributed by atoms with E-state index in [1.165, 1.54) is 24.3 Å². The Labute approximate surface area is 171 Å². The van der Waals surface area contributed by atoms with Crippen LogP contribution in [-0.4, -0.2) is 33.3 Å². The van der Waals surface area contributed by atoms with E-state index >= 15 is 0 Å². The smallest absolute Gasteiger partial charge is 0.451 e. The summed E-state index contributed by atoms with van der Waals surface area (Å²) < 4.78 is 44.2. The minimum absolute atomic E-state index is 0.0331. The van der Waals surface area contributed by atoms with Crippen LogP contribution in [0.4, 0.5) is 18.0 Å². The molecule has 0 aliphatic carbocycles. The van der Waals surface area contributed by atoms with E-state index in [-0.39, 0.29) is 29.5 Å².